The summed E-state index contributed by atoms with van der Waals surface area (Å²) in [5.74, 6) is 1.93. The Hall–Kier alpha value is -2.98. The van der Waals surface area contributed by atoms with Gasteiger partial charge in [-0.05, 0) is 79.7 Å². The molecule has 7 rings (SSSR count). The molecule has 2 saturated heterocycles. The minimum Gasteiger partial charge on any atom is -0.491 e. The molecule has 2 atom stereocenters. The van der Waals surface area contributed by atoms with Gasteiger partial charge in [-0.15, -0.1) is 0 Å². The number of fused-ring (bicyclic) bond motifs is 2. The summed E-state index contributed by atoms with van der Waals surface area (Å²) in [7, 11) is -3.66. The minimum absolute atomic E-state index is 0.180. The number of aliphatic hydroxyl groups is 1. The van der Waals surface area contributed by atoms with Gasteiger partial charge >= 0.3 is 0 Å². The molecule has 208 valence electrons. The topological polar surface area (TPSA) is 111 Å². The van der Waals surface area contributed by atoms with E-state index in [1.165, 1.54) is 19.3 Å². The van der Waals surface area contributed by atoms with Crippen LogP contribution in [0.4, 0.5) is 22.7 Å². The van der Waals surface area contributed by atoms with Crippen molar-refractivity contribution in [1.82, 2.24) is 0 Å². The van der Waals surface area contributed by atoms with Crippen molar-refractivity contribution in [3.05, 3.63) is 41.5 Å². The van der Waals surface area contributed by atoms with Crippen LogP contribution in [0, 0.1) is 17.3 Å². The highest BCUT2D eigenvalue weighted by Gasteiger charge is 2.46. The lowest BCUT2D eigenvalue weighted by Crippen LogP contribution is -2.35. The van der Waals surface area contributed by atoms with Crippen LogP contribution in [0.25, 0.3) is 0 Å². The maximum atomic E-state index is 13.7. The van der Waals surface area contributed by atoms with Crippen molar-refractivity contribution in [2.75, 3.05) is 65.0 Å². The number of nitrogens with zero attached hydrogens (tertiary/aromatic N) is 2. The highest BCUT2D eigenvalue weighted by molar-refractivity contribution is 7.92. The molecule has 1 spiro atoms. The molecule has 2 unspecified atom stereocenters. The summed E-state index contributed by atoms with van der Waals surface area (Å²) in [5.41, 5.74) is 5.11. The maximum Gasteiger partial charge on any atom is 0.255 e. The van der Waals surface area contributed by atoms with Crippen molar-refractivity contribution in [3.63, 3.8) is 0 Å². The second kappa shape index (κ2) is 9.30. The van der Waals surface area contributed by atoms with Gasteiger partial charge in [-0.1, -0.05) is 0 Å². The van der Waals surface area contributed by atoms with E-state index in [9.17, 15) is 13.2 Å². The van der Waals surface area contributed by atoms with Gasteiger partial charge in [0, 0.05) is 43.7 Å². The average Bonchev–Trinajstić information content (AvgIpc) is 3.73. The van der Waals surface area contributed by atoms with E-state index in [1.54, 1.807) is 18.2 Å². The first-order valence-corrected chi connectivity index (χ1v) is 15.8. The molecule has 3 N–H and O–H groups in total. The van der Waals surface area contributed by atoms with Crippen molar-refractivity contribution in [3.8, 4) is 5.75 Å². The number of aliphatic hydroxyl groups excluding tert-OH is 1. The Balaban J connectivity index is 1.17. The average molecular weight is 553 g/mol. The zero-order valence-electron chi connectivity index (χ0n) is 22.1. The fourth-order valence-electron chi connectivity index (χ4n) is 6.65. The number of carbonyl (C=O) groups is 1. The van der Waals surface area contributed by atoms with Gasteiger partial charge in [0.15, 0.2) is 0 Å². The highest BCUT2D eigenvalue weighted by atomic mass is 32.2. The van der Waals surface area contributed by atoms with Crippen LogP contribution in [-0.2, 0) is 16.4 Å². The molecule has 1 amide bonds. The van der Waals surface area contributed by atoms with E-state index < -0.39 is 16.6 Å². The van der Waals surface area contributed by atoms with Gasteiger partial charge in [0.1, 0.15) is 5.75 Å². The SMILES string of the molecule is O=C(Nc1ccc(NS(=O)(=O)CCO)cc1N1CCC2(CC1)CC2)c1cc2c(c(N3CC4CC4C3)c1)OCC2. The number of rotatable bonds is 8. The van der Waals surface area contributed by atoms with Crippen molar-refractivity contribution >= 4 is 38.7 Å². The zero-order valence-corrected chi connectivity index (χ0v) is 22.9. The van der Waals surface area contributed by atoms with Crippen LogP contribution in [-0.4, -0.2) is 64.6 Å². The lowest BCUT2D eigenvalue weighted by molar-refractivity contribution is 0.102. The Morgan fingerprint density at radius 2 is 1.79 bits per heavy atom. The van der Waals surface area contributed by atoms with Gasteiger partial charge in [-0.3, -0.25) is 9.52 Å². The molecular formula is C29H36N4O5S. The van der Waals surface area contributed by atoms with Crippen LogP contribution in [0.5, 0.6) is 5.75 Å². The molecule has 10 heteroatoms. The number of ether oxygens (including phenoxy) is 1. The Labute approximate surface area is 229 Å². The van der Waals surface area contributed by atoms with Crippen molar-refractivity contribution in [2.45, 2.75) is 38.5 Å². The van der Waals surface area contributed by atoms with E-state index in [1.807, 2.05) is 12.1 Å². The van der Waals surface area contributed by atoms with Crippen LogP contribution in [0.1, 0.15) is 48.0 Å². The molecule has 0 aromatic heterocycles. The number of hydrogen-bond donors (Lipinski definition) is 3. The lowest BCUT2D eigenvalue weighted by atomic mass is 9.93. The number of nitrogens with one attached hydrogen (secondary N) is 2. The van der Waals surface area contributed by atoms with Crippen LogP contribution < -0.4 is 24.6 Å². The van der Waals surface area contributed by atoms with Gasteiger partial charge in [0.2, 0.25) is 10.0 Å². The predicted octanol–water partition coefficient (Wildman–Crippen LogP) is 3.44. The number of hydrogen-bond acceptors (Lipinski definition) is 7. The molecule has 0 bridgehead atoms. The Kier molecular flexibility index (Phi) is 5.97. The molecule has 3 heterocycles. The first-order valence-electron chi connectivity index (χ1n) is 14.2. The third-order valence-electron chi connectivity index (χ3n) is 9.35. The van der Waals surface area contributed by atoms with Crippen LogP contribution in [0.2, 0.25) is 0 Å². The number of piperidine rings is 2. The smallest absolute Gasteiger partial charge is 0.255 e. The van der Waals surface area contributed by atoms with E-state index in [0.717, 1.165) is 80.0 Å². The number of carbonyl (C=O) groups excluding carboxylic acids is 1. The highest BCUT2D eigenvalue weighted by Crippen LogP contribution is 2.54. The second-order valence-corrected chi connectivity index (χ2v) is 13.9. The number of amides is 1. The second-order valence-electron chi connectivity index (χ2n) is 12.1. The molecule has 2 aromatic rings. The molecule has 2 saturated carbocycles. The maximum absolute atomic E-state index is 13.7. The molecule has 2 aliphatic carbocycles. The molecule has 39 heavy (non-hydrogen) atoms. The predicted molar refractivity (Wildman–Crippen MR) is 151 cm³/mol. The summed E-state index contributed by atoms with van der Waals surface area (Å²) in [4.78, 5) is 18.3. The quantitative estimate of drug-likeness (QED) is 0.460. The molecule has 5 aliphatic rings. The molecule has 2 aromatic carbocycles. The van der Waals surface area contributed by atoms with Gasteiger partial charge in [0.05, 0.1) is 41.7 Å². The Bertz CT molecular complexity index is 1400. The number of sulfonamides is 1. The largest absolute Gasteiger partial charge is 0.491 e. The molecule has 4 fully saturated rings. The Morgan fingerprint density at radius 1 is 1.03 bits per heavy atom. The Morgan fingerprint density at radius 3 is 2.51 bits per heavy atom. The fraction of sp³-hybridized carbons (Fsp3) is 0.552. The molecule has 0 radical (unpaired) electrons. The molecule has 9 nitrogen and oxygen atoms in total. The van der Waals surface area contributed by atoms with Crippen LogP contribution >= 0.6 is 0 Å². The zero-order chi connectivity index (χ0) is 26.8. The van der Waals surface area contributed by atoms with E-state index in [4.69, 9.17) is 9.84 Å². The van der Waals surface area contributed by atoms with Crippen molar-refractivity contribution in [2.24, 2.45) is 17.3 Å². The lowest BCUT2D eigenvalue weighted by Gasteiger charge is -2.35. The van der Waals surface area contributed by atoms with Crippen LogP contribution in [0.15, 0.2) is 30.3 Å². The minimum atomic E-state index is -3.66. The third kappa shape index (κ3) is 4.93. The van der Waals surface area contributed by atoms with E-state index in [-0.39, 0.29) is 11.7 Å². The van der Waals surface area contributed by atoms with Crippen molar-refractivity contribution < 1.29 is 23.1 Å². The van der Waals surface area contributed by atoms with Gasteiger partial charge in [0.25, 0.3) is 5.91 Å². The summed E-state index contributed by atoms with van der Waals surface area (Å²) in [6.45, 7) is 3.99. The van der Waals surface area contributed by atoms with Gasteiger partial charge in [-0.2, -0.15) is 0 Å². The first kappa shape index (κ1) is 25.0. The van der Waals surface area contributed by atoms with E-state index >= 15 is 0 Å². The number of anilines is 4. The van der Waals surface area contributed by atoms with E-state index in [2.05, 4.69) is 19.8 Å². The summed E-state index contributed by atoms with van der Waals surface area (Å²) in [6, 6.07) is 9.16. The summed E-state index contributed by atoms with van der Waals surface area (Å²) in [6.07, 6.45) is 6.89. The molecular weight excluding hydrogens is 516 g/mol. The summed E-state index contributed by atoms with van der Waals surface area (Å²) >= 11 is 0. The van der Waals surface area contributed by atoms with Crippen molar-refractivity contribution in [1.29, 1.82) is 0 Å². The monoisotopic (exact) mass is 552 g/mol. The fourth-order valence-corrected chi connectivity index (χ4v) is 7.48. The molecule has 3 aliphatic heterocycles. The van der Waals surface area contributed by atoms with Gasteiger partial charge < -0.3 is 25.0 Å². The van der Waals surface area contributed by atoms with Crippen LogP contribution in [0.3, 0.4) is 0 Å². The summed E-state index contributed by atoms with van der Waals surface area (Å²) < 4.78 is 33.2. The van der Waals surface area contributed by atoms with E-state index in [0.29, 0.717) is 29.0 Å². The first-order chi connectivity index (χ1) is 18.8. The van der Waals surface area contributed by atoms with Gasteiger partial charge in [-0.25, -0.2) is 8.42 Å². The third-order valence-corrected chi connectivity index (χ3v) is 10.6. The summed E-state index contributed by atoms with van der Waals surface area (Å²) in [5, 5.41) is 12.3. The number of benzene rings is 2. The standard InChI is InChI=1S/C29H36N4O5S/c34-10-12-39(36,37)31-23-1-2-24(25(16-23)32-8-6-29(4-5-29)7-9-32)30-28(35)20-13-19-3-11-38-27(19)26(15-20)33-17-21-14-22(21)18-33/h1-2,13,15-16,21-22,31,34H,3-12,14,17-18H2,(H,30,35). The normalized spacial score (nSPS) is 24.2.